The fourth-order valence-corrected chi connectivity index (χ4v) is 3.20. The van der Waals surface area contributed by atoms with Crippen LogP contribution in [0.2, 0.25) is 0 Å². The number of para-hydroxylation sites is 1. The lowest BCUT2D eigenvalue weighted by Crippen LogP contribution is -2.31. The van der Waals surface area contributed by atoms with Gasteiger partial charge in [-0.25, -0.2) is 9.97 Å². The van der Waals surface area contributed by atoms with E-state index in [9.17, 15) is 22.8 Å². The van der Waals surface area contributed by atoms with Crippen molar-refractivity contribution in [3.63, 3.8) is 0 Å². The van der Waals surface area contributed by atoms with Gasteiger partial charge in [0.25, 0.3) is 5.56 Å². The molecule has 1 aromatic carbocycles. The van der Waals surface area contributed by atoms with Gasteiger partial charge in [-0.3, -0.25) is 14.2 Å². The predicted molar refractivity (Wildman–Crippen MR) is 94.0 cm³/mol. The van der Waals surface area contributed by atoms with E-state index in [-0.39, 0.29) is 18.1 Å². The van der Waals surface area contributed by atoms with Crippen molar-refractivity contribution in [2.45, 2.75) is 23.5 Å². The summed E-state index contributed by atoms with van der Waals surface area (Å²) in [4.78, 5) is 32.1. The number of alkyl halides is 3. The third kappa shape index (κ3) is 4.27. The third-order valence-corrected chi connectivity index (χ3v) is 4.61. The molecule has 6 nitrogen and oxygen atoms in total. The Morgan fingerprint density at radius 3 is 2.56 bits per heavy atom. The maximum Gasteiger partial charge on any atom is 0.417 e. The molecule has 2 heterocycles. The molecule has 1 amide bonds. The van der Waals surface area contributed by atoms with Gasteiger partial charge in [0.15, 0.2) is 0 Å². The van der Waals surface area contributed by atoms with Gasteiger partial charge in [-0.2, -0.15) is 13.2 Å². The van der Waals surface area contributed by atoms with Gasteiger partial charge < -0.3 is 5.73 Å². The molecule has 0 aliphatic carbocycles. The van der Waals surface area contributed by atoms with Crippen LogP contribution in [-0.4, -0.2) is 20.4 Å². The molecule has 0 radical (unpaired) electrons. The molecule has 0 saturated carbocycles. The maximum absolute atomic E-state index is 12.6. The van der Waals surface area contributed by atoms with Crippen LogP contribution in [0.1, 0.15) is 11.4 Å². The minimum Gasteiger partial charge on any atom is -0.368 e. The second-order valence-electron chi connectivity index (χ2n) is 5.57. The van der Waals surface area contributed by atoms with E-state index < -0.39 is 23.2 Å². The lowest BCUT2D eigenvalue weighted by molar-refractivity contribution is -0.137. The van der Waals surface area contributed by atoms with E-state index in [0.29, 0.717) is 15.9 Å². The van der Waals surface area contributed by atoms with Gasteiger partial charge in [0.1, 0.15) is 12.4 Å². The highest BCUT2D eigenvalue weighted by Gasteiger charge is 2.30. The van der Waals surface area contributed by atoms with E-state index in [4.69, 9.17) is 5.73 Å². The molecular weight excluding hydrogens is 381 g/mol. The molecule has 0 atom stereocenters. The van der Waals surface area contributed by atoms with Gasteiger partial charge in [0.2, 0.25) is 5.91 Å². The normalized spacial score (nSPS) is 11.7. The van der Waals surface area contributed by atoms with Crippen molar-refractivity contribution in [2.24, 2.45) is 5.73 Å². The van der Waals surface area contributed by atoms with Gasteiger partial charge in [-0.15, -0.1) is 0 Å². The monoisotopic (exact) mass is 394 g/mol. The summed E-state index contributed by atoms with van der Waals surface area (Å²) >= 11 is 1.10. The summed E-state index contributed by atoms with van der Waals surface area (Å²) in [5.74, 6) is -0.289. The van der Waals surface area contributed by atoms with Gasteiger partial charge >= 0.3 is 6.18 Å². The maximum atomic E-state index is 12.6. The summed E-state index contributed by atoms with van der Waals surface area (Å²) in [5.41, 5.74) is 4.42. The van der Waals surface area contributed by atoms with Crippen molar-refractivity contribution in [2.75, 3.05) is 0 Å². The molecule has 140 valence electrons. The number of halogens is 3. The predicted octanol–water partition coefficient (Wildman–Crippen LogP) is 2.59. The first-order valence-electron chi connectivity index (χ1n) is 7.68. The molecule has 27 heavy (non-hydrogen) atoms. The highest BCUT2D eigenvalue weighted by Crippen LogP contribution is 2.30. The summed E-state index contributed by atoms with van der Waals surface area (Å²) in [6, 6.07) is 8.83. The number of carbonyl (C=O) groups is 1. The number of hydrogen-bond donors (Lipinski definition) is 1. The first-order chi connectivity index (χ1) is 12.8. The van der Waals surface area contributed by atoms with Crippen LogP contribution in [0.25, 0.3) is 10.9 Å². The number of carbonyl (C=O) groups excluding carboxylic acids is 1. The molecule has 3 rings (SSSR count). The number of nitrogens with zero attached hydrogens (tertiary/aromatic N) is 3. The molecule has 0 spiro atoms. The van der Waals surface area contributed by atoms with Crippen molar-refractivity contribution in [1.82, 2.24) is 14.5 Å². The fraction of sp³-hybridized carbons (Fsp3) is 0.176. The number of aromatic nitrogens is 3. The molecule has 2 N–H and O–H groups in total. The van der Waals surface area contributed by atoms with Gasteiger partial charge in [0, 0.05) is 6.20 Å². The van der Waals surface area contributed by atoms with Gasteiger partial charge in [0.05, 0.1) is 27.2 Å². The molecule has 2 aromatic heterocycles. The average molecular weight is 394 g/mol. The summed E-state index contributed by atoms with van der Waals surface area (Å²) in [7, 11) is 0. The first kappa shape index (κ1) is 18.9. The Morgan fingerprint density at radius 1 is 1.19 bits per heavy atom. The third-order valence-electron chi connectivity index (χ3n) is 3.67. The Hall–Kier alpha value is -2.88. The Balaban J connectivity index is 1.91. The van der Waals surface area contributed by atoms with E-state index in [1.807, 2.05) is 0 Å². The van der Waals surface area contributed by atoms with Crippen molar-refractivity contribution in [1.29, 1.82) is 0 Å². The van der Waals surface area contributed by atoms with Crippen LogP contribution in [0, 0.1) is 0 Å². The highest BCUT2D eigenvalue weighted by atomic mass is 32.2. The number of fused-ring (bicyclic) bond motifs is 1. The SMILES string of the molecule is NC(=O)Cn1c(CSc2ccc(C(F)(F)F)cn2)nc2ccccc2c1=O. The van der Waals surface area contributed by atoms with Crippen LogP contribution >= 0.6 is 11.8 Å². The van der Waals surface area contributed by atoms with Gasteiger partial charge in [-0.05, 0) is 24.3 Å². The molecule has 0 bridgehead atoms. The fourth-order valence-electron chi connectivity index (χ4n) is 2.41. The van der Waals surface area contributed by atoms with Crippen LogP contribution in [0.5, 0.6) is 0 Å². The Labute approximate surface area is 155 Å². The Kier molecular flexibility index (Phi) is 5.17. The minimum absolute atomic E-state index is 0.131. The number of rotatable bonds is 5. The number of primary amides is 1. The molecule has 3 aromatic rings. The summed E-state index contributed by atoms with van der Waals surface area (Å²) < 4.78 is 39.0. The number of nitrogens with two attached hydrogens (primary N) is 1. The number of amides is 1. The molecule has 0 fully saturated rings. The van der Waals surface area contributed by atoms with E-state index in [1.165, 1.54) is 10.6 Å². The second-order valence-corrected chi connectivity index (χ2v) is 6.57. The highest BCUT2D eigenvalue weighted by molar-refractivity contribution is 7.98. The smallest absolute Gasteiger partial charge is 0.368 e. The number of pyridine rings is 1. The summed E-state index contributed by atoms with van der Waals surface area (Å²) in [6.45, 7) is -0.340. The number of thioether (sulfide) groups is 1. The van der Waals surface area contributed by atoms with Crippen LogP contribution in [-0.2, 0) is 23.3 Å². The van der Waals surface area contributed by atoms with Crippen LogP contribution < -0.4 is 11.3 Å². The quantitative estimate of drug-likeness (QED) is 0.672. The van der Waals surface area contributed by atoms with E-state index in [1.54, 1.807) is 24.3 Å². The molecular formula is C17H13F3N4O2S. The van der Waals surface area contributed by atoms with E-state index in [2.05, 4.69) is 9.97 Å². The average Bonchev–Trinajstić information content (AvgIpc) is 2.62. The second kappa shape index (κ2) is 7.39. The largest absolute Gasteiger partial charge is 0.417 e. The van der Waals surface area contributed by atoms with Crippen LogP contribution in [0.4, 0.5) is 13.2 Å². The van der Waals surface area contributed by atoms with E-state index >= 15 is 0 Å². The Bertz CT molecular complexity index is 1050. The lowest BCUT2D eigenvalue weighted by atomic mass is 10.2. The summed E-state index contributed by atoms with van der Waals surface area (Å²) in [5, 5.41) is 0.677. The van der Waals surface area contributed by atoms with Crippen LogP contribution in [0.15, 0.2) is 52.4 Å². The van der Waals surface area contributed by atoms with Crippen molar-refractivity contribution in [3.05, 3.63) is 64.3 Å². The van der Waals surface area contributed by atoms with Crippen molar-refractivity contribution in [3.8, 4) is 0 Å². The topological polar surface area (TPSA) is 90.9 Å². The van der Waals surface area contributed by atoms with Gasteiger partial charge in [-0.1, -0.05) is 23.9 Å². The van der Waals surface area contributed by atoms with Crippen LogP contribution in [0.3, 0.4) is 0 Å². The molecule has 0 aliphatic rings. The summed E-state index contributed by atoms with van der Waals surface area (Å²) in [6.07, 6.45) is -3.72. The Morgan fingerprint density at radius 2 is 1.93 bits per heavy atom. The standard InChI is InChI=1S/C17H13F3N4O2S/c18-17(19,20)10-5-6-15(22-7-10)27-9-14-23-12-4-2-1-3-11(12)16(26)24(14)8-13(21)25/h1-7H,8-9H2,(H2,21,25). The molecule has 10 heteroatoms. The number of benzene rings is 1. The minimum atomic E-state index is -4.46. The zero-order valence-corrected chi connectivity index (χ0v) is 14.5. The lowest BCUT2D eigenvalue weighted by Gasteiger charge is -2.12. The first-order valence-corrected chi connectivity index (χ1v) is 8.67. The molecule has 0 aliphatic heterocycles. The van der Waals surface area contributed by atoms with E-state index in [0.717, 1.165) is 24.0 Å². The molecule has 0 saturated heterocycles. The van der Waals surface area contributed by atoms with Crippen molar-refractivity contribution < 1.29 is 18.0 Å². The zero-order chi connectivity index (χ0) is 19.6. The van der Waals surface area contributed by atoms with Crippen molar-refractivity contribution >= 4 is 28.6 Å². The molecule has 0 unspecified atom stereocenters. The number of hydrogen-bond acceptors (Lipinski definition) is 5. The zero-order valence-electron chi connectivity index (χ0n) is 13.7.